The maximum atomic E-state index is 12.6. The highest BCUT2D eigenvalue weighted by Crippen LogP contribution is 2.22. The van der Waals surface area contributed by atoms with Crippen molar-refractivity contribution in [3.8, 4) is 0 Å². The molecule has 0 aliphatic carbocycles. The molecule has 3 aromatic rings. The molecule has 27 heavy (non-hydrogen) atoms. The van der Waals surface area contributed by atoms with Crippen LogP contribution in [0.5, 0.6) is 0 Å². The van der Waals surface area contributed by atoms with Crippen molar-refractivity contribution in [3.05, 3.63) is 59.2 Å². The molecule has 3 rings (SSSR count). The number of esters is 1. The lowest BCUT2D eigenvalue weighted by Crippen LogP contribution is -2.25. The first-order chi connectivity index (χ1) is 12.7. The maximum Gasteiger partial charge on any atom is 0.379 e. The van der Waals surface area contributed by atoms with E-state index in [1.165, 1.54) is 11.4 Å². The summed E-state index contributed by atoms with van der Waals surface area (Å²) in [5.74, 6) is -0.854. The summed E-state index contributed by atoms with van der Waals surface area (Å²) in [6.45, 7) is 9.68. The Bertz CT molecular complexity index is 1000. The molecule has 0 bridgehead atoms. The Hall–Kier alpha value is -3.09. The zero-order chi connectivity index (χ0) is 19.8. The highest BCUT2D eigenvalue weighted by Gasteiger charge is 2.24. The van der Waals surface area contributed by atoms with E-state index in [2.05, 4.69) is 35.8 Å². The summed E-state index contributed by atoms with van der Waals surface area (Å²) >= 11 is 0. The van der Waals surface area contributed by atoms with Crippen molar-refractivity contribution in [1.29, 1.82) is 0 Å². The van der Waals surface area contributed by atoms with Crippen molar-refractivity contribution < 1.29 is 14.3 Å². The molecule has 0 fully saturated rings. The van der Waals surface area contributed by atoms with E-state index in [4.69, 9.17) is 4.74 Å². The van der Waals surface area contributed by atoms with Gasteiger partial charge in [0.05, 0.1) is 0 Å². The minimum atomic E-state index is -0.946. The quantitative estimate of drug-likeness (QED) is 0.521. The molecule has 0 spiro atoms. The van der Waals surface area contributed by atoms with Crippen LogP contribution in [-0.2, 0) is 10.2 Å². The van der Waals surface area contributed by atoms with Gasteiger partial charge in [0.2, 0.25) is 5.78 Å². The molecule has 0 aliphatic rings. The number of hydrogen-bond donors (Lipinski definition) is 0. The lowest BCUT2D eigenvalue weighted by molar-refractivity contribution is 0.0307. The number of carbonyl (C=O) groups is 2. The molecular formula is C20H22N4O3. The van der Waals surface area contributed by atoms with Crippen LogP contribution >= 0.6 is 0 Å². The van der Waals surface area contributed by atoms with E-state index in [0.29, 0.717) is 11.3 Å². The number of rotatable bonds is 4. The summed E-state index contributed by atoms with van der Waals surface area (Å²) in [4.78, 5) is 33.0. The molecule has 7 heteroatoms. The number of ketones is 1. The highest BCUT2D eigenvalue weighted by molar-refractivity contribution is 6.01. The zero-order valence-electron chi connectivity index (χ0n) is 16.1. The number of hydrogen-bond acceptors (Lipinski definition) is 6. The number of nitrogens with zero attached hydrogens (tertiary/aromatic N) is 4. The van der Waals surface area contributed by atoms with Crippen molar-refractivity contribution in [1.82, 2.24) is 19.6 Å². The van der Waals surface area contributed by atoms with E-state index in [9.17, 15) is 9.59 Å². The Balaban J connectivity index is 1.73. The fourth-order valence-electron chi connectivity index (χ4n) is 2.63. The maximum absolute atomic E-state index is 12.6. The van der Waals surface area contributed by atoms with E-state index >= 15 is 0 Å². The van der Waals surface area contributed by atoms with Gasteiger partial charge in [-0.25, -0.2) is 14.3 Å². The van der Waals surface area contributed by atoms with Gasteiger partial charge in [-0.15, -0.1) is 5.10 Å². The van der Waals surface area contributed by atoms with E-state index < -0.39 is 12.1 Å². The first-order valence-electron chi connectivity index (χ1n) is 8.71. The molecule has 0 saturated heterocycles. The van der Waals surface area contributed by atoms with Crippen molar-refractivity contribution in [3.63, 3.8) is 0 Å². The molecule has 0 N–H and O–H groups in total. The third kappa shape index (κ3) is 3.86. The average Bonchev–Trinajstić information content (AvgIpc) is 3.06. The number of Topliss-reactive ketones (excluding diaryl/α,β-unsaturated/α-hetero) is 1. The molecule has 1 aromatic carbocycles. The fraction of sp³-hybridized carbons (Fsp3) is 0.350. The van der Waals surface area contributed by atoms with Gasteiger partial charge in [0.15, 0.2) is 6.10 Å². The molecule has 0 saturated carbocycles. The van der Waals surface area contributed by atoms with Crippen molar-refractivity contribution in [2.75, 3.05) is 0 Å². The number of aryl methyl sites for hydroxylation is 1. The number of benzene rings is 1. The second kappa shape index (κ2) is 6.90. The van der Waals surface area contributed by atoms with Gasteiger partial charge in [0, 0.05) is 17.5 Å². The third-order valence-electron chi connectivity index (χ3n) is 4.30. The molecule has 1 atom stereocenters. The topological polar surface area (TPSA) is 86.5 Å². The van der Waals surface area contributed by atoms with Gasteiger partial charge in [-0.2, -0.15) is 4.98 Å². The zero-order valence-corrected chi connectivity index (χ0v) is 16.1. The fourth-order valence-corrected chi connectivity index (χ4v) is 2.63. The van der Waals surface area contributed by atoms with Crippen molar-refractivity contribution in [2.45, 2.75) is 46.1 Å². The van der Waals surface area contributed by atoms with Gasteiger partial charge >= 0.3 is 5.97 Å². The van der Waals surface area contributed by atoms with E-state index in [-0.39, 0.29) is 17.0 Å². The predicted octanol–water partition coefficient (Wildman–Crippen LogP) is 3.16. The van der Waals surface area contributed by atoms with Crippen LogP contribution in [-0.4, -0.2) is 37.4 Å². The first-order valence-corrected chi connectivity index (χ1v) is 8.71. The molecule has 140 valence electrons. The number of ether oxygens (including phenoxy) is 1. The van der Waals surface area contributed by atoms with E-state index in [1.54, 1.807) is 24.4 Å². The summed E-state index contributed by atoms with van der Waals surface area (Å²) in [5, 5.41) is 4.09. The molecule has 7 nitrogen and oxygen atoms in total. The SMILES string of the molecule is Cc1ccnc2nc(C(=O)O[C@@H](C)C(=O)c3ccc(C(C)(C)C)cc3)nn12. The Morgan fingerprint density at radius 3 is 2.37 bits per heavy atom. The first kappa shape index (κ1) is 18.7. The lowest BCUT2D eigenvalue weighted by Gasteiger charge is -2.19. The standard InChI is InChI=1S/C20H22N4O3/c1-12-10-11-21-19-22-17(23-24(12)19)18(26)27-13(2)16(25)14-6-8-15(9-7-14)20(3,4)5/h6-11,13H,1-5H3/t13-/m0/s1. The van der Waals surface area contributed by atoms with Crippen LogP contribution in [0.1, 0.15) is 59.9 Å². The summed E-state index contributed by atoms with van der Waals surface area (Å²) in [7, 11) is 0. The molecule has 2 heterocycles. The van der Waals surface area contributed by atoms with Gasteiger partial charge in [-0.05, 0) is 30.9 Å². The van der Waals surface area contributed by atoms with Crippen LogP contribution in [0.2, 0.25) is 0 Å². The molecule has 2 aromatic heterocycles. The number of fused-ring (bicyclic) bond motifs is 1. The summed E-state index contributed by atoms with van der Waals surface area (Å²) in [6.07, 6.45) is 0.639. The summed E-state index contributed by atoms with van der Waals surface area (Å²) in [6, 6.07) is 9.09. The second-order valence-electron chi connectivity index (χ2n) is 7.47. The van der Waals surface area contributed by atoms with Crippen LogP contribution in [0.25, 0.3) is 5.78 Å². The van der Waals surface area contributed by atoms with Crippen molar-refractivity contribution in [2.24, 2.45) is 0 Å². The highest BCUT2D eigenvalue weighted by atomic mass is 16.5. The Kier molecular flexibility index (Phi) is 4.78. The number of aromatic nitrogens is 4. The summed E-state index contributed by atoms with van der Waals surface area (Å²) in [5.41, 5.74) is 2.40. The van der Waals surface area contributed by atoms with Gasteiger partial charge in [-0.3, -0.25) is 4.79 Å². The van der Waals surface area contributed by atoms with Crippen LogP contribution < -0.4 is 0 Å². The second-order valence-corrected chi connectivity index (χ2v) is 7.47. The molecule has 0 aliphatic heterocycles. The summed E-state index contributed by atoms with van der Waals surface area (Å²) < 4.78 is 6.72. The lowest BCUT2D eigenvalue weighted by atomic mass is 9.86. The smallest absolute Gasteiger partial charge is 0.379 e. The van der Waals surface area contributed by atoms with Gasteiger partial charge in [0.25, 0.3) is 11.6 Å². The molecular weight excluding hydrogens is 344 g/mol. The third-order valence-corrected chi connectivity index (χ3v) is 4.30. The predicted molar refractivity (Wildman–Crippen MR) is 99.9 cm³/mol. The Morgan fingerprint density at radius 2 is 1.78 bits per heavy atom. The molecule has 0 unspecified atom stereocenters. The van der Waals surface area contributed by atoms with Crippen LogP contribution in [0.15, 0.2) is 36.5 Å². The minimum Gasteiger partial charge on any atom is -0.448 e. The van der Waals surface area contributed by atoms with Gasteiger partial charge in [-0.1, -0.05) is 45.0 Å². The monoisotopic (exact) mass is 366 g/mol. The normalized spacial score (nSPS) is 12.8. The average molecular weight is 366 g/mol. The van der Waals surface area contributed by atoms with Gasteiger partial charge < -0.3 is 4.74 Å². The van der Waals surface area contributed by atoms with E-state index in [1.807, 2.05) is 19.1 Å². The van der Waals surface area contributed by atoms with Crippen LogP contribution in [0, 0.1) is 6.92 Å². The molecule has 0 amide bonds. The van der Waals surface area contributed by atoms with Gasteiger partial charge in [0.1, 0.15) is 0 Å². The van der Waals surface area contributed by atoms with Crippen LogP contribution in [0.4, 0.5) is 0 Å². The van der Waals surface area contributed by atoms with E-state index in [0.717, 1.165) is 11.3 Å². The van der Waals surface area contributed by atoms with Crippen molar-refractivity contribution >= 4 is 17.5 Å². The number of carbonyl (C=O) groups excluding carboxylic acids is 2. The Labute approximate surface area is 157 Å². The Morgan fingerprint density at radius 1 is 1.11 bits per heavy atom. The van der Waals surface area contributed by atoms with Crippen LogP contribution in [0.3, 0.4) is 0 Å². The largest absolute Gasteiger partial charge is 0.448 e. The molecule has 0 radical (unpaired) electrons. The minimum absolute atomic E-state index is 0.000615.